The molecule has 3 rings (SSSR count). The molecule has 0 spiro atoms. The summed E-state index contributed by atoms with van der Waals surface area (Å²) in [6.07, 6.45) is 1.05. The molecular weight excluding hydrogens is 320 g/mol. The van der Waals surface area contributed by atoms with Crippen molar-refractivity contribution in [2.24, 2.45) is 0 Å². The Morgan fingerprint density at radius 2 is 2.00 bits per heavy atom. The maximum atomic E-state index is 12.5. The monoisotopic (exact) mass is 333 g/mol. The van der Waals surface area contributed by atoms with E-state index in [4.69, 9.17) is 4.42 Å². The van der Waals surface area contributed by atoms with Crippen molar-refractivity contribution in [2.75, 3.05) is 7.05 Å². The smallest absolute Gasteiger partial charge is 0.333 e. The Labute approximate surface area is 135 Å². The molecule has 0 radical (unpaired) electrons. The van der Waals surface area contributed by atoms with Crippen LogP contribution in [0.5, 0.6) is 0 Å². The third-order valence-electron chi connectivity index (χ3n) is 3.23. The lowest BCUT2D eigenvalue weighted by atomic mass is 10.2. The summed E-state index contributed by atoms with van der Waals surface area (Å²) < 4.78 is 30.9. The van der Waals surface area contributed by atoms with E-state index in [2.05, 4.69) is 15.3 Å². The minimum atomic E-state index is -2.79. The molecule has 7 nitrogen and oxygen atoms in total. The van der Waals surface area contributed by atoms with Gasteiger partial charge in [-0.15, -0.1) is 10.2 Å². The average Bonchev–Trinajstić information content (AvgIpc) is 3.24. The average molecular weight is 333 g/mol. The number of alkyl halides is 2. The van der Waals surface area contributed by atoms with E-state index in [9.17, 15) is 13.6 Å². The molecule has 0 atom stereocenters. The molecule has 124 valence electrons. The van der Waals surface area contributed by atoms with Gasteiger partial charge in [-0.3, -0.25) is 4.79 Å². The number of halogens is 2. The first kappa shape index (κ1) is 15.8. The minimum absolute atomic E-state index is 0.0419. The summed E-state index contributed by atoms with van der Waals surface area (Å²) in [6, 6.07) is 10.4. The van der Waals surface area contributed by atoms with E-state index in [1.807, 2.05) is 30.3 Å². The number of benzene rings is 1. The number of rotatable bonds is 5. The third-order valence-corrected chi connectivity index (χ3v) is 3.23. The van der Waals surface area contributed by atoms with E-state index in [-0.39, 0.29) is 18.1 Å². The lowest BCUT2D eigenvalue weighted by molar-refractivity contribution is 0.0552. The number of hydrogen-bond donors (Lipinski definition) is 0. The summed E-state index contributed by atoms with van der Waals surface area (Å²) in [7, 11) is 1.50. The van der Waals surface area contributed by atoms with Crippen LogP contribution in [-0.4, -0.2) is 37.8 Å². The van der Waals surface area contributed by atoms with Crippen LogP contribution < -0.4 is 0 Å². The zero-order valence-corrected chi connectivity index (χ0v) is 12.6. The maximum absolute atomic E-state index is 12.5. The molecular formula is C15H13F2N5O2. The Morgan fingerprint density at radius 1 is 1.25 bits per heavy atom. The van der Waals surface area contributed by atoms with Gasteiger partial charge in [0.05, 0.1) is 6.54 Å². The molecule has 0 fully saturated rings. The fraction of sp³-hybridized carbons (Fsp3) is 0.200. The first-order valence-electron chi connectivity index (χ1n) is 7.01. The largest absolute Gasteiger partial charge is 0.419 e. The van der Waals surface area contributed by atoms with Crippen LogP contribution in [0.2, 0.25) is 0 Å². The summed E-state index contributed by atoms with van der Waals surface area (Å²) in [5.74, 6) is 0.0558. The molecule has 3 aromatic rings. The standard InChI is InChI=1S/C15H13F2N5O2/c1-21(14(23)11-7-8-22(20-11)15(16)17)9-12-18-19-13(24-12)10-5-3-2-4-6-10/h2-8,15H,9H2,1H3. The topological polar surface area (TPSA) is 77.0 Å². The molecule has 0 N–H and O–H groups in total. The van der Waals surface area contributed by atoms with Crippen LogP contribution in [-0.2, 0) is 6.54 Å². The Hall–Kier alpha value is -3.10. The van der Waals surface area contributed by atoms with Gasteiger partial charge < -0.3 is 9.32 Å². The lowest BCUT2D eigenvalue weighted by Gasteiger charge is -2.12. The van der Waals surface area contributed by atoms with E-state index in [0.29, 0.717) is 10.6 Å². The summed E-state index contributed by atoms with van der Waals surface area (Å²) in [5, 5.41) is 11.3. The summed E-state index contributed by atoms with van der Waals surface area (Å²) >= 11 is 0. The van der Waals surface area contributed by atoms with Gasteiger partial charge in [0.25, 0.3) is 5.91 Å². The van der Waals surface area contributed by atoms with Gasteiger partial charge in [0, 0.05) is 18.8 Å². The predicted octanol–water partition coefficient (Wildman–Crippen LogP) is 2.60. The number of nitrogens with zero attached hydrogens (tertiary/aromatic N) is 5. The van der Waals surface area contributed by atoms with E-state index >= 15 is 0 Å². The fourth-order valence-corrected chi connectivity index (χ4v) is 2.05. The number of hydrogen-bond acceptors (Lipinski definition) is 5. The first-order valence-corrected chi connectivity index (χ1v) is 7.01. The van der Waals surface area contributed by atoms with Gasteiger partial charge in [0.1, 0.15) is 0 Å². The maximum Gasteiger partial charge on any atom is 0.333 e. The molecule has 0 saturated heterocycles. The summed E-state index contributed by atoms with van der Waals surface area (Å²) in [5.41, 5.74) is 0.682. The highest BCUT2D eigenvalue weighted by molar-refractivity contribution is 5.91. The van der Waals surface area contributed by atoms with E-state index < -0.39 is 12.5 Å². The van der Waals surface area contributed by atoms with Gasteiger partial charge in [-0.25, -0.2) is 4.68 Å². The second kappa shape index (κ2) is 6.57. The van der Waals surface area contributed by atoms with Crippen molar-refractivity contribution < 1.29 is 18.0 Å². The molecule has 0 unspecified atom stereocenters. The van der Waals surface area contributed by atoms with Gasteiger partial charge in [0.2, 0.25) is 11.8 Å². The van der Waals surface area contributed by atoms with E-state index in [0.717, 1.165) is 11.8 Å². The van der Waals surface area contributed by atoms with Crippen molar-refractivity contribution in [3.8, 4) is 11.5 Å². The van der Waals surface area contributed by atoms with Crippen LogP contribution in [0, 0.1) is 0 Å². The zero-order valence-electron chi connectivity index (χ0n) is 12.6. The number of amides is 1. The van der Waals surface area contributed by atoms with Gasteiger partial charge in [-0.05, 0) is 18.2 Å². The highest BCUT2D eigenvalue weighted by Crippen LogP contribution is 2.18. The number of aromatic nitrogens is 4. The van der Waals surface area contributed by atoms with Crippen LogP contribution in [0.15, 0.2) is 47.0 Å². The fourth-order valence-electron chi connectivity index (χ4n) is 2.05. The van der Waals surface area contributed by atoms with E-state index in [1.165, 1.54) is 18.0 Å². The molecule has 9 heteroatoms. The van der Waals surface area contributed by atoms with Crippen molar-refractivity contribution in [1.29, 1.82) is 0 Å². The molecule has 0 aliphatic rings. The van der Waals surface area contributed by atoms with Crippen molar-refractivity contribution in [2.45, 2.75) is 13.1 Å². The Bertz CT molecular complexity index is 831. The Morgan fingerprint density at radius 3 is 2.67 bits per heavy atom. The molecule has 2 aromatic heterocycles. The van der Waals surface area contributed by atoms with Gasteiger partial charge >= 0.3 is 6.55 Å². The quantitative estimate of drug-likeness (QED) is 0.717. The molecule has 0 aliphatic carbocycles. The van der Waals surface area contributed by atoms with Crippen molar-refractivity contribution in [3.63, 3.8) is 0 Å². The van der Waals surface area contributed by atoms with Gasteiger partial charge in [0.15, 0.2) is 5.69 Å². The summed E-state index contributed by atoms with van der Waals surface area (Å²) in [4.78, 5) is 13.4. The highest BCUT2D eigenvalue weighted by Gasteiger charge is 2.19. The van der Waals surface area contributed by atoms with Crippen molar-refractivity contribution in [3.05, 3.63) is 54.2 Å². The first-order chi connectivity index (χ1) is 11.5. The molecule has 1 aromatic carbocycles. The van der Waals surface area contributed by atoms with E-state index in [1.54, 1.807) is 0 Å². The molecule has 0 aliphatic heterocycles. The van der Waals surface area contributed by atoms with Crippen LogP contribution in [0.4, 0.5) is 8.78 Å². The second-order valence-corrected chi connectivity index (χ2v) is 4.99. The molecule has 24 heavy (non-hydrogen) atoms. The molecule has 0 saturated carbocycles. The number of carbonyl (C=O) groups excluding carboxylic acids is 1. The van der Waals surface area contributed by atoms with Crippen molar-refractivity contribution in [1.82, 2.24) is 24.9 Å². The van der Waals surface area contributed by atoms with Crippen LogP contribution in [0.1, 0.15) is 22.9 Å². The Kier molecular flexibility index (Phi) is 4.32. The van der Waals surface area contributed by atoms with Crippen LogP contribution in [0.3, 0.4) is 0 Å². The lowest BCUT2D eigenvalue weighted by Crippen LogP contribution is -2.27. The normalized spacial score (nSPS) is 11.0. The highest BCUT2D eigenvalue weighted by atomic mass is 19.3. The summed E-state index contributed by atoms with van der Waals surface area (Å²) in [6.45, 7) is -2.75. The minimum Gasteiger partial charge on any atom is -0.419 e. The molecule has 1 amide bonds. The SMILES string of the molecule is CN(Cc1nnc(-c2ccccc2)o1)C(=O)c1ccn(C(F)F)n1. The zero-order chi connectivity index (χ0) is 17.1. The van der Waals surface area contributed by atoms with Gasteiger partial charge in [-0.1, -0.05) is 18.2 Å². The number of carbonyl (C=O) groups is 1. The second-order valence-electron chi connectivity index (χ2n) is 4.99. The van der Waals surface area contributed by atoms with Crippen LogP contribution >= 0.6 is 0 Å². The molecule has 2 heterocycles. The third kappa shape index (κ3) is 3.29. The molecule has 0 bridgehead atoms. The predicted molar refractivity (Wildman–Crippen MR) is 79.0 cm³/mol. The van der Waals surface area contributed by atoms with Crippen LogP contribution in [0.25, 0.3) is 11.5 Å². The van der Waals surface area contributed by atoms with Gasteiger partial charge in [-0.2, -0.15) is 13.9 Å². The van der Waals surface area contributed by atoms with Crippen molar-refractivity contribution >= 4 is 5.91 Å². The Balaban J connectivity index is 1.69.